The standard InChI is InChI=1S/C19H18N2O6/c1-13(22)19(26-14(2)23)12-18(15-8-10-17(11-9-15)21(24)25)20(27-19)16-6-4-3-5-7-16/h3-11,18H,12H2,1-2H3/t18-,19-/m1/s1. The number of nitrogens with zero attached hydrogens (tertiary/aromatic N) is 2. The van der Waals surface area contributed by atoms with Gasteiger partial charge in [0.1, 0.15) is 0 Å². The summed E-state index contributed by atoms with van der Waals surface area (Å²) in [5.41, 5.74) is 1.32. The Morgan fingerprint density at radius 3 is 2.30 bits per heavy atom. The topological polar surface area (TPSA) is 99.0 Å². The molecule has 1 aliphatic rings. The van der Waals surface area contributed by atoms with Gasteiger partial charge in [-0.25, -0.2) is 9.90 Å². The SMILES string of the molecule is CC(=O)O[C@]1(C(C)=O)C[C@H](c2ccc([N+](=O)[O-])cc2)N(c2ccccc2)O1. The average Bonchev–Trinajstić information content (AvgIpc) is 3.03. The average molecular weight is 370 g/mol. The molecule has 1 fully saturated rings. The van der Waals surface area contributed by atoms with Crippen LogP contribution in [0.25, 0.3) is 0 Å². The summed E-state index contributed by atoms with van der Waals surface area (Å²) in [6.07, 6.45) is 0.0641. The molecule has 0 aromatic heterocycles. The molecule has 0 N–H and O–H groups in total. The summed E-state index contributed by atoms with van der Waals surface area (Å²) in [6.45, 7) is 2.50. The molecule has 1 aliphatic heterocycles. The highest BCUT2D eigenvalue weighted by Gasteiger charge is 2.53. The number of hydrogen-bond donors (Lipinski definition) is 0. The van der Waals surface area contributed by atoms with E-state index >= 15 is 0 Å². The summed E-state index contributed by atoms with van der Waals surface area (Å²) in [6, 6.07) is 14.6. The fourth-order valence-electron chi connectivity index (χ4n) is 3.05. The molecule has 0 saturated carbocycles. The molecule has 2 aromatic rings. The van der Waals surface area contributed by atoms with Crippen molar-refractivity contribution < 1.29 is 24.1 Å². The van der Waals surface area contributed by atoms with E-state index in [-0.39, 0.29) is 12.1 Å². The first kappa shape index (κ1) is 18.5. The minimum atomic E-state index is -1.74. The maximum atomic E-state index is 12.3. The van der Waals surface area contributed by atoms with Gasteiger partial charge in [0, 0.05) is 26.0 Å². The number of anilines is 1. The Morgan fingerprint density at radius 2 is 1.78 bits per heavy atom. The number of ketones is 1. The molecule has 27 heavy (non-hydrogen) atoms. The van der Waals surface area contributed by atoms with Crippen molar-refractivity contribution in [2.75, 3.05) is 5.06 Å². The van der Waals surface area contributed by atoms with E-state index in [2.05, 4.69) is 0 Å². The summed E-state index contributed by atoms with van der Waals surface area (Å²) < 4.78 is 5.27. The van der Waals surface area contributed by atoms with Crippen LogP contribution in [0.5, 0.6) is 0 Å². The Balaban J connectivity index is 2.03. The number of non-ortho nitro benzene ring substituents is 1. The number of hydroxylamine groups is 1. The minimum absolute atomic E-state index is 0.0401. The van der Waals surface area contributed by atoms with E-state index in [1.54, 1.807) is 24.3 Å². The first-order chi connectivity index (χ1) is 12.8. The van der Waals surface area contributed by atoms with E-state index in [0.29, 0.717) is 11.3 Å². The summed E-state index contributed by atoms with van der Waals surface area (Å²) >= 11 is 0. The van der Waals surface area contributed by atoms with Gasteiger partial charge in [-0.15, -0.1) is 0 Å². The number of nitro groups is 1. The highest BCUT2D eigenvalue weighted by molar-refractivity contribution is 5.86. The summed E-state index contributed by atoms with van der Waals surface area (Å²) in [5.74, 6) is -2.82. The minimum Gasteiger partial charge on any atom is -0.423 e. The van der Waals surface area contributed by atoms with Crippen molar-refractivity contribution in [2.45, 2.75) is 32.1 Å². The van der Waals surface area contributed by atoms with Crippen molar-refractivity contribution in [3.63, 3.8) is 0 Å². The number of esters is 1. The zero-order chi connectivity index (χ0) is 19.6. The Hall–Kier alpha value is -3.26. The molecule has 1 heterocycles. The monoisotopic (exact) mass is 370 g/mol. The highest BCUT2D eigenvalue weighted by Crippen LogP contribution is 2.44. The second-order valence-corrected chi connectivity index (χ2v) is 6.22. The van der Waals surface area contributed by atoms with Gasteiger partial charge in [-0.3, -0.25) is 19.7 Å². The lowest BCUT2D eigenvalue weighted by Crippen LogP contribution is -2.42. The van der Waals surface area contributed by atoms with E-state index in [0.717, 1.165) is 0 Å². The van der Waals surface area contributed by atoms with E-state index in [9.17, 15) is 19.7 Å². The van der Waals surface area contributed by atoms with Crippen molar-refractivity contribution in [3.8, 4) is 0 Å². The van der Waals surface area contributed by atoms with Crippen LogP contribution < -0.4 is 5.06 Å². The Morgan fingerprint density at radius 1 is 1.15 bits per heavy atom. The van der Waals surface area contributed by atoms with E-state index in [4.69, 9.17) is 9.57 Å². The Bertz CT molecular complexity index is 868. The maximum absolute atomic E-state index is 12.3. The number of para-hydroxylation sites is 1. The van der Waals surface area contributed by atoms with Gasteiger partial charge in [-0.05, 0) is 17.7 Å². The molecule has 8 heteroatoms. The largest absolute Gasteiger partial charge is 0.423 e. The van der Waals surface area contributed by atoms with Crippen molar-refractivity contribution in [1.29, 1.82) is 0 Å². The van der Waals surface area contributed by atoms with Crippen LogP contribution in [0, 0.1) is 10.1 Å². The first-order valence-corrected chi connectivity index (χ1v) is 8.31. The molecule has 1 saturated heterocycles. The second-order valence-electron chi connectivity index (χ2n) is 6.22. The number of carbonyl (C=O) groups excluding carboxylic acids is 2. The third-order valence-electron chi connectivity index (χ3n) is 4.34. The molecule has 0 radical (unpaired) electrons. The van der Waals surface area contributed by atoms with Crippen molar-refractivity contribution in [2.24, 2.45) is 0 Å². The Labute approximate surface area is 155 Å². The molecule has 140 valence electrons. The molecule has 0 spiro atoms. The number of nitro benzene ring substituents is 1. The van der Waals surface area contributed by atoms with Gasteiger partial charge in [0.15, 0.2) is 0 Å². The second kappa shape index (κ2) is 7.16. The number of Topliss-reactive ketones (excluding diaryl/α,β-unsaturated/α-hetero) is 1. The number of carbonyl (C=O) groups is 2. The van der Waals surface area contributed by atoms with Crippen LogP contribution in [0.4, 0.5) is 11.4 Å². The number of hydrogen-bond acceptors (Lipinski definition) is 7. The zero-order valence-electron chi connectivity index (χ0n) is 14.8. The fourth-order valence-corrected chi connectivity index (χ4v) is 3.05. The predicted molar refractivity (Wildman–Crippen MR) is 95.6 cm³/mol. The molecular weight excluding hydrogens is 352 g/mol. The van der Waals surface area contributed by atoms with Crippen LogP contribution in [0.2, 0.25) is 0 Å². The van der Waals surface area contributed by atoms with Gasteiger partial charge < -0.3 is 4.74 Å². The van der Waals surface area contributed by atoms with Crippen LogP contribution in [-0.2, 0) is 19.2 Å². The zero-order valence-corrected chi connectivity index (χ0v) is 14.8. The fraction of sp³-hybridized carbons (Fsp3) is 0.263. The van der Waals surface area contributed by atoms with Crippen molar-refractivity contribution in [1.82, 2.24) is 0 Å². The third kappa shape index (κ3) is 3.65. The lowest BCUT2D eigenvalue weighted by atomic mass is 9.97. The first-order valence-electron chi connectivity index (χ1n) is 8.31. The molecule has 2 atom stereocenters. The van der Waals surface area contributed by atoms with E-state index in [1.165, 1.54) is 31.0 Å². The molecule has 2 aromatic carbocycles. The molecular formula is C19H18N2O6. The molecule has 0 amide bonds. The van der Waals surface area contributed by atoms with Crippen LogP contribution in [0.3, 0.4) is 0 Å². The summed E-state index contributed by atoms with van der Waals surface area (Å²) in [5, 5.41) is 12.4. The van der Waals surface area contributed by atoms with E-state index < -0.39 is 28.5 Å². The number of ether oxygens (including phenoxy) is 1. The third-order valence-corrected chi connectivity index (χ3v) is 4.34. The van der Waals surface area contributed by atoms with Crippen LogP contribution in [0.15, 0.2) is 54.6 Å². The Kier molecular flexibility index (Phi) is 4.91. The van der Waals surface area contributed by atoms with Crippen molar-refractivity contribution >= 4 is 23.1 Å². The van der Waals surface area contributed by atoms with Gasteiger partial charge in [0.05, 0.1) is 23.1 Å². The molecule has 0 unspecified atom stereocenters. The molecule has 8 nitrogen and oxygen atoms in total. The van der Waals surface area contributed by atoms with Gasteiger partial charge in [0.2, 0.25) is 5.78 Å². The van der Waals surface area contributed by atoms with Gasteiger partial charge >= 0.3 is 5.97 Å². The van der Waals surface area contributed by atoms with Gasteiger partial charge in [-0.2, -0.15) is 0 Å². The number of rotatable bonds is 5. The van der Waals surface area contributed by atoms with Gasteiger partial charge in [0.25, 0.3) is 11.5 Å². The van der Waals surface area contributed by atoms with Crippen molar-refractivity contribution in [3.05, 3.63) is 70.3 Å². The quantitative estimate of drug-likeness (QED) is 0.452. The van der Waals surface area contributed by atoms with Crippen LogP contribution >= 0.6 is 0 Å². The molecule has 0 aliphatic carbocycles. The summed E-state index contributed by atoms with van der Waals surface area (Å²) in [4.78, 5) is 40.1. The molecule has 3 rings (SSSR count). The lowest BCUT2D eigenvalue weighted by molar-refractivity contribution is -0.384. The lowest BCUT2D eigenvalue weighted by Gasteiger charge is -2.27. The van der Waals surface area contributed by atoms with Gasteiger partial charge in [-0.1, -0.05) is 30.3 Å². The highest BCUT2D eigenvalue weighted by atomic mass is 16.8. The maximum Gasteiger partial charge on any atom is 0.305 e. The molecule has 0 bridgehead atoms. The predicted octanol–water partition coefficient (Wildman–Crippen LogP) is 3.33. The summed E-state index contributed by atoms with van der Waals surface area (Å²) in [7, 11) is 0. The normalized spacial score (nSPS) is 21.7. The smallest absolute Gasteiger partial charge is 0.305 e. The van der Waals surface area contributed by atoms with Crippen LogP contribution in [-0.4, -0.2) is 22.5 Å². The van der Waals surface area contributed by atoms with E-state index in [1.807, 2.05) is 18.2 Å². The number of benzene rings is 2. The van der Waals surface area contributed by atoms with Crippen LogP contribution in [0.1, 0.15) is 31.9 Å².